The van der Waals surface area contributed by atoms with Crippen LogP contribution in [0, 0.1) is 6.92 Å². The Hall–Kier alpha value is -2.61. The molecule has 7 nitrogen and oxygen atoms in total. The van der Waals surface area contributed by atoms with E-state index < -0.39 is 0 Å². The maximum Gasteiger partial charge on any atom is 0.257 e. The lowest BCUT2D eigenvalue weighted by Crippen LogP contribution is -2.28. The van der Waals surface area contributed by atoms with Gasteiger partial charge in [0.1, 0.15) is 0 Å². The average Bonchev–Trinajstić information content (AvgIpc) is 2.94. The van der Waals surface area contributed by atoms with E-state index in [-0.39, 0.29) is 29.8 Å². The van der Waals surface area contributed by atoms with Crippen LogP contribution in [0.5, 0.6) is 0 Å². The summed E-state index contributed by atoms with van der Waals surface area (Å²) in [5.41, 5.74) is 1.68. The zero-order valence-corrected chi connectivity index (χ0v) is 14.7. The van der Waals surface area contributed by atoms with Crippen molar-refractivity contribution in [2.45, 2.75) is 31.5 Å². The van der Waals surface area contributed by atoms with Gasteiger partial charge in [0.15, 0.2) is 5.16 Å². The third-order valence-corrected chi connectivity index (χ3v) is 4.90. The Kier molecular flexibility index (Phi) is 4.89. The van der Waals surface area contributed by atoms with E-state index in [9.17, 15) is 14.4 Å². The van der Waals surface area contributed by atoms with Gasteiger partial charge in [0.25, 0.3) is 5.56 Å². The van der Waals surface area contributed by atoms with Crippen LogP contribution < -0.4 is 16.2 Å². The second-order valence-corrected chi connectivity index (χ2v) is 6.87. The molecule has 1 unspecified atom stereocenters. The van der Waals surface area contributed by atoms with Crippen LogP contribution in [-0.2, 0) is 9.59 Å². The summed E-state index contributed by atoms with van der Waals surface area (Å²) in [5, 5.41) is 6.14. The fourth-order valence-electron chi connectivity index (χ4n) is 2.67. The molecule has 1 aromatic heterocycles. The average molecular weight is 358 g/mol. The smallest absolute Gasteiger partial charge is 0.257 e. The highest BCUT2D eigenvalue weighted by Gasteiger charge is 2.27. The second-order valence-electron chi connectivity index (χ2n) is 5.88. The summed E-state index contributed by atoms with van der Waals surface area (Å²) in [6, 6.07) is 6.72. The molecule has 0 fully saturated rings. The number of amides is 2. The van der Waals surface area contributed by atoms with E-state index in [0.717, 1.165) is 0 Å². The van der Waals surface area contributed by atoms with Crippen LogP contribution in [0.2, 0.25) is 0 Å². The number of rotatable bonds is 4. The first-order chi connectivity index (χ1) is 11.9. The monoisotopic (exact) mass is 358 g/mol. The van der Waals surface area contributed by atoms with Gasteiger partial charge in [-0.2, -0.15) is 0 Å². The summed E-state index contributed by atoms with van der Waals surface area (Å²) < 4.78 is 1.60. The molecule has 25 heavy (non-hydrogen) atoms. The van der Waals surface area contributed by atoms with Crippen molar-refractivity contribution in [3.8, 4) is 0 Å². The lowest BCUT2D eigenvalue weighted by Gasteiger charge is -2.14. The summed E-state index contributed by atoms with van der Waals surface area (Å²) >= 11 is 1.48. The molecule has 8 heteroatoms. The van der Waals surface area contributed by atoms with Crippen molar-refractivity contribution in [2.24, 2.45) is 0 Å². The van der Waals surface area contributed by atoms with Crippen molar-refractivity contribution in [1.82, 2.24) is 9.55 Å². The minimum atomic E-state index is -0.210. The Bertz CT molecular complexity index is 894. The molecule has 2 aromatic rings. The molecular weight excluding hydrogens is 340 g/mol. The fraction of sp³-hybridized carbons (Fsp3) is 0.294. The molecule has 3 rings (SSSR count). The molecule has 1 aromatic carbocycles. The summed E-state index contributed by atoms with van der Waals surface area (Å²) in [4.78, 5) is 40.0. The van der Waals surface area contributed by atoms with Crippen LogP contribution in [-0.4, -0.2) is 27.1 Å². The quantitative estimate of drug-likeness (QED) is 0.817. The summed E-state index contributed by atoms with van der Waals surface area (Å²) in [5.74, 6) is 0.280. The predicted octanol–water partition coefficient (Wildman–Crippen LogP) is 2.19. The molecule has 0 saturated carbocycles. The lowest BCUT2D eigenvalue weighted by molar-refractivity contribution is -0.117. The molecule has 2 heterocycles. The van der Waals surface area contributed by atoms with Crippen molar-refractivity contribution in [3.63, 3.8) is 0 Å². The summed E-state index contributed by atoms with van der Waals surface area (Å²) in [7, 11) is 0. The van der Waals surface area contributed by atoms with E-state index in [4.69, 9.17) is 0 Å². The van der Waals surface area contributed by atoms with Crippen molar-refractivity contribution in [1.29, 1.82) is 0 Å². The number of hydrogen-bond acceptors (Lipinski definition) is 5. The van der Waals surface area contributed by atoms with Gasteiger partial charge < -0.3 is 10.6 Å². The second kappa shape index (κ2) is 7.10. The van der Waals surface area contributed by atoms with E-state index >= 15 is 0 Å². The Morgan fingerprint density at radius 3 is 2.76 bits per heavy atom. The van der Waals surface area contributed by atoms with Crippen LogP contribution in [0.1, 0.15) is 24.9 Å². The Labute approximate surface area is 148 Å². The lowest BCUT2D eigenvalue weighted by atomic mass is 10.2. The van der Waals surface area contributed by atoms with Gasteiger partial charge in [-0.3, -0.25) is 19.0 Å². The number of fused-ring (bicyclic) bond motifs is 1. The number of nitrogens with one attached hydrogen (secondary N) is 2. The van der Waals surface area contributed by atoms with E-state index in [1.807, 2.05) is 0 Å². The largest absolute Gasteiger partial charge is 0.326 e. The molecule has 0 aliphatic carbocycles. The predicted molar refractivity (Wildman–Crippen MR) is 97.0 cm³/mol. The molecule has 1 aliphatic heterocycles. The zero-order valence-electron chi connectivity index (χ0n) is 13.9. The van der Waals surface area contributed by atoms with Gasteiger partial charge in [-0.05, 0) is 25.1 Å². The van der Waals surface area contributed by atoms with Crippen molar-refractivity contribution >= 4 is 35.0 Å². The highest BCUT2D eigenvalue weighted by atomic mass is 32.2. The van der Waals surface area contributed by atoms with Crippen LogP contribution >= 0.6 is 11.8 Å². The first kappa shape index (κ1) is 17.2. The minimum Gasteiger partial charge on any atom is -0.326 e. The normalized spacial score (nSPS) is 15.5. The van der Waals surface area contributed by atoms with Gasteiger partial charge in [0, 0.05) is 42.2 Å². The number of benzene rings is 1. The number of hydrogen-bond donors (Lipinski definition) is 2. The molecule has 1 aliphatic rings. The third kappa shape index (κ3) is 3.90. The Balaban J connectivity index is 1.70. The van der Waals surface area contributed by atoms with Gasteiger partial charge in [-0.25, -0.2) is 4.98 Å². The first-order valence-corrected chi connectivity index (χ1v) is 8.81. The van der Waals surface area contributed by atoms with Crippen LogP contribution in [0.25, 0.3) is 0 Å². The molecule has 130 valence electrons. The summed E-state index contributed by atoms with van der Waals surface area (Å²) in [6.07, 6.45) is 1.76. The molecule has 0 bridgehead atoms. The molecular formula is C17H18N4O3S. The van der Waals surface area contributed by atoms with Gasteiger partial charge in [-0.1, -0.05) is 17.8 Å². The maximum absolute atomic E-state index is 12.4. The molecule has 2 N–H and O–H groups in total. The number of carbonyl (C=O) groups excluding carboxylic acids is 2. The first-order valence-electron chi connectivity index (χ1n) is 7.82. The van der Waals surface area contributed by atoms with Crippen LogP contribution in [0.15, 0.2) is 40.4 Å². The molecule has 0 radical (unpaired) electrons. The SMILES string of the molecule is CC(=O)Nc1cccc(NC(=O)CC2CSc3ncc(C)c(=O)n32)c1. The van der Waals surface area contributed by atoms with Crippen molar-refractivity contribution < 1.29 is 9.59 Å². The van der Waals surface area contributed by atoms with Gasteiger partial charge >= 0.3 is 0 Å². The van der Waals surface area contributed by atoms with E-state index in [1.54, 1.807) is 42.0 Å². The number of aryl methyl sites for hydroxylation is 1. The Morgan fingerprint density at radius 1 is 1.32 bits per heavy atom. The summed E-state index contributed by atoms with van der Waals surface area (Å²) in [6.45, 7) is 3.14. The van der Waals surface area contributed by atoms with Crippen LogP contribution in [0.4, 0.5) is 11.4 Å². The zero-order chi connectivity index (χ0) is 18.0. The van der Waals surface area contributed by atoms with Crippen molar-refractivity contribution in [2.75, 3.05) is 16.4 Å². The van der Waals surface area contributed by atoms with E-state index in [1.165, 1.54) is 18.7 Å². The molecule has 0 saturated heterocycles. The van der Waals surface area contributed by atoms with E-state index in [0.29, 0.717) is 27.8 Å². The highest BCUT2D eigenvalue weighted by Crippen LogP contribution is 2.32. The molecule has 1 atom stereocenters. The van der Waals surface area contributed by atoms with Gasteiger partial charge in [0.05, 0.1) is 6.04 Å². The molecule has 0 spiro atoms. The van der Waals surface area contributed by atoms with Crippen molar-refractivity contribution in [3.05, 3.63) is 46.4 Å². The number of nitrogens with zero attached hydrogens (tertiary/aromatic N) is 2. The van der Waals surface area contributed by atoms with E-state index in [2.05, 4.69) is 15.6 Å². The van der Waals surface area contributed by atoms with Crippen LogP contribution in [0.3, 0.4) is 0 Å². The minimum absolute atomic E-state index is 0.0968. The highest BCUT2D eigenvalue weighted by molar-refractivity contribution is 7.99. The maximum atomic E-state index is 12.4. The third-order valence-electron chi connectivity index (χ3n) is 3.79. The van der Waals surface area contributed by atoms with Gasteiger partial charge in [0.2, 0.25) is 11.8 Å². The number of aromatic nitrogens is 2. The number of anilines is 2. The fourth-order valence-corrected chi connectivity index (χ4v) is 3.78. The molecule has 2 amide bonds. The van der Waals surface area contributed by atoms with Gasteiger partial charge in [-0.15, -0.1) is 0 Å². The standard InChI is InChI=1S/C17H18N4O3S/c1-10-8-18-17-21(16(10)24)14(9-25-17)7-15(23)20-13-5-3-4-12(6-13)19-11(2)22/h3-6,8,14H,7,9H2,1-2H3,(H,19,22)(H,20,23). The number of carbonyl (C=O) groups is 2. The number of thioether (sulfide) groups is 1. The Morgan fingerprint density at radius 2 is 2.04 bits per heavy atom. The topological polar surface area (TPSA) is 93.1 Å².